The number of ether oxygens (including phenoxy) is 1. The third-order valence-corrected chi connectivity index (χ3v) is 2.37. The van der Waals surface area contributed by atoms with Gasteiger partial charge >= 0.3 is 80.5 Å². The summed E-state index contributed by atoms with van der Waals surface area (Å²) in [6.07, 6.45) is 2.06. The van der Waals surface area contributed by atoms with E-state index in [0.717, 1.165) is 51.0 Å². The van der Waals surface area contributed by atoms with E-state index in [9.17, 15) is 0 Å². The average Bonchev–Trinajstić information content (AvgIpc) is 1.98. The van der Waals surface area contributed by atoms with Crippen molar-refractivity contribution < 1.29 is 9.84 Å². The molecule has 0 saturated carbocycles. The number of rotatable bonds is 6. The molecule has 0 rings (SSSR count). The van der Waals surface area contributed by atoms with Crippen molar-refractivity contribution in [2.45, 2.75) is 29.5 Å². The van der Waals surface area contributed by atoms with Crippen LogP contribution in [0.15, 0.2) is 0 Å². The van der Waals surface area contributed by atoms with E-state index in [1.807, 2.05) is 0 Å². The van der Waals surface area contributed by atoms with Crippen molar-refractivity contribution in [1.29, 1.82) is 0 Å². The summed E-state index contributed by atoms with van der Waals surface area (Å²) in [6, 6.07) is 0. The minimum atomic E-state index is -0.205. The predicted octanol–water partition coefficient (Wildman–Crippen LogP) is 0.751. The zero-order chi connectivity index (χ0) is 7.82. The van der Waals surface area contributed by atoms with Crippen LogP contribution in [0.2, 0.25) is 3.67 Å². The Morgan fingerprint density at radius 2 is 2.30 bits per heavy atom. The average molecular weight is 154 g/mol. The van der Waals surface area contributed by atoms with Gasteiger partial charge in [-0.2, -0.15) is 0 Å². The molecule has 0 saturated heterocycles. The third-order valence-electron chi connectivity index (χ3n) is 1.42. The fourth-order valence-corrected chi connectivity index (χ4v) is 0.819. The van der Waals surface area contributed by atoms with Crippen LogP contribution >= 0.6 is 0 Å². The van der Waals surface area contributed by atoms with Gasteiger partial charge < -0.3 is 0 Å². The third kappa shape index (κ3) is 7.03. The second-order valence-electron chi connectivity index (χ2n) is 2.49. The molecule has 0 spiro atoms. The van der Waals surface area contributed by atoms with Gasteiger partial charge in [0.2, 0.25) is 0 Å². The normalized spacial score (nSPS) is 13.6. The van der Waals surface area contributed by atoms with Gasteiger partial charge in [-0.15, -0.1) is 0 Å². The molecule has 0 aromatic heterocycles. The molecule has 0 aliphatic carbocycles. The fraction of sp³-hybridized carbons (Fsp3) is 1.00. The first-order chi connectivity index (χ1) is 4.81. The van der Waals surface area contributed by atoms with Crippen molar-refractivity contribution in [3.05, 3.63) is 0 Å². The quantitative estimate of drug-likeness (QED) is 0.452. The molecule has 1 unspecified atom stereocenters. The standard InChI is InChI=1S/C7H15O2.Na/c1-3-4-5-9-6-7(2)8;/h7-8H,2-6H2,1H3;. The van der Waals surface area contributed by atoms with Crippen molar-refractivity contribution in [1.82, 2.24) is 0 Å². The zero-order valence-corrected chi connectivity index (χ0v) is 8.97. The van der Waals surface area contributed by atoms with Crippen LogP contribution in [-0.4, -0.2) is 52.4 Å². The van der Waals surface area contributed by atoms with E-state index >= 15 is 0 Å². The maximum atomic E-state index is 9.07. The Balaban J connectivity index is 2.89. The molecule has 0 aliphatic rings. The van der Waals surface area contributed by atoms with Gasteiger partial charge in [-0.25, -0.2) is 0 Å². The van der Waals surface area contributed by atoms with E-state index in [1.54, 1.807) is 0 Å². The van der Waals surface area contributed by atoms with E-state index in [1.165, 1.54) is 0 Å². The van der Waals surface area contributed by atoms with E-state index in [2.05, 4.69) is 6.92 Å². The molecule has 0 fully saturated rings. The minimum absolute atomic E-state index is 0.205. The van der Waals surface area contributed by atoms with Crippen LogP contribution < -0.4 is 0 Å². The summed E-state index contributed by atoms with van der Waals surface area (Å²) in [7, 11) is 0. The van der Waals surface area contributed by atoms with E-state index in [0.29, 0.717) is 6.61 Å². The summed E-state index contributed by atoms with van der Waals surface area (Å²) < 4.78 is 6.12. The van der Waals surface area contributed by atoms with Crippen LogP contribution in [0.5, 0.6) is 0 Å². The van der Waals surface area contributed by atoms with Gasteiger partial charge in [0.05, 0.1) is 0 Å². The molecule has 0 aromatic rings. The molecule has 0 aromatic carbocycles. The number of hydrogen-bond acceptors (Lipinski definition) is 2. The van der Waals surface area contributed by atoms with Crippen LogP contribution in [0, 0.1) is 0 Å². The van der Waals surface area contributed by atoms with Crippen LogP contribution in [0.3, 0.4) is 0 Å². The van der Waals surface area contributed by atoms with Crippen molar-refractivity contribution in [2.75, 3.05) is 13.2 Å². The molecule has 3 heteroatoms. The zero-order valence-electron chi connectivity index (χ0n) is 6.97. The van der Waals surface area contributed by atoms with Gasteiger partial charge in [-0.1, -0.05) is 0 Å². The van der Waals surface area contributed by atoms with E-state index in [4.69, 9.17) is 9.84 Å². The maximum absolute atomic E-state index is 9.07. The molecule has 0 bridgehead atoms. The Hall–Kier alpha value is 0.920. The van der Waals surface area contributed by atoms with E-state index in [-0.39, 0.29) is 6.10 Å². The second kappa shape index (κ2) is 8.02. The first-order valence-corrected chi connectivity index (χ1v) is 5.48. The molecule has 2 nitrogen and oxygen atoms in total. The van der Waals surface area contributed by atoms with Crippen LogP contribution in [0.25, 0.3) is 0 Å². The monoisotopic (exact) mass is 154 g/mol. The van der Waals surface area contributed by atoms with Crippen molar-refractivity contribution in [2.24, 2.45) is 0 Å². The van der Waals surface area contributed by atoms with Gasteiger partial charge in [0, 0.05) is 0 Å². The molecular formula is C7H15NaO2. The van der Waals surface area contributed by atoms with Crippen molar-refractivity contribution >= 4 is 27.9 Å². The van der Waals surface area contributed by atoms with Gasteiger partial charge in [0.1, 0.15) is 0 Å². The molecule has 0 amide bonds. The first kappa shape index (κ1) is 10.9. The first-order valence-electron chi connectivity index (χ1n) is 4.07. The van der Waals surface area contributed by atoms with Gasteiger partial charge in [0.15, 0.2) is 0 Å². The Kier molecular flexibility index (Phi) is 8.76. The number of aliphatic hydroxyl groups excluding tert-OH is 1. The molecule has 0 aliphatic heterocycles. The summed E-state index contributed by atoms with van der Waals surface area (Å²) in [6.45, 7) is 3.46. The van der Waals surface area contributed by atoms with Gasteiger partial charge in [0.25, 0.3) is 0 Å². The molecule has 1 N–H and O–H groups in total. The van der Waals surface area contributed by atoms with Crippen LogP contribution in [-0.2, 0) is 4.74 Å². The Morgan fingerprint density at radius 1 is 1.60 bits per heavy atom. The Morgan fingerprint density at radius 3 is 2.80 bits per heavy atom. The second-order valence-corrected chi connectivity index (χ2v) is 3.31. The topological polar surface area (TPSA) is 29.5 Å². The summed E-state index contributed by atoms with van der Waals surface area (Å²) in [5.74, 6) is 0. The summed E-state index contributed by atoms with van der Waals surface area (Å²) >= 11 is 1.06. The summed E-state index contributed by atoms with van der Waals surface area (Å²) in [5, 5.41) is 9.07. The Bertz CT molecular complexity index is 68.6. The molecule has 10 heavy (non-hydrogen) atoms. The van der Waals surface area contributed by atoms with Crippen LogP contribution in [0.4, 0.5) is 0 Å². The SMILES string of the molecule is CCCCOCC(O)[CH2][Na]. The molecule has 0 radical (unpaired) electrons. The Labute approximate surface area is 80.4 Å². The molecule has 1 atom stereocenters. The van der Waals surface area contributed by atoms with Gasteiger partial charge in [-0.05, 0) is 0 Å². The number of hydrogen-bond donors (Lipinski definition) is 1. The molecular weight excluding hydrogens is 139 g/mol. The summed E-state index contributed by atoms with van der Waals surface area (Å²) in [5.41, 5.74) is 0. The number of unbranched alkanes of at least 4 members (excludes halogenated alkanes) is 1. The fourth-order valence-electron chi connectivity index (χ4n) is 0.584. The number of aliphatic hydroxyl groups is 1. The molecule has 56 valence electrons. The van der Waals surface area contributed by atoms with Crippen LogP contribution in [0.1, 0.15) is 19.8 Å². The predicted molar refractivity (Wildman–Crippen MR) is 42.3 cm³/mol. The summed E-state index contributed by atoms with van der Waals surface area (Å²) in [4.78, 5) is 0. The van der Waals surface area contributed by atoms with Gasteiger partial charge in [-0.3, -0.25) is 0 Å². The van der Waals surface area contributed by atoms with E-state index < -0.39 is 0 Å². The van der Waals surface area contributed by atoms with Crippen molar-refractivity contribution in [3.8, 4) is 0 Å². The molecule has 0 heterocycles. The van der Waals surface area contributed by atoms with Crippen molar-refractivity contribution in [3.63, 3.8) is 0 Å².